The van der Waals surface area contributed by atoms with Crippen molar-refractivity contribution in [2.45, 2.75) is 6.92 Å². The number of benzene rings is 3. The molecule has 1 N–H and O–H groups in total. The third-order valence-electron chi connectivity index (χ3n) is 4.41. The Morgan fingerprint density at radius 1 is 1.04 bits per heavy atom. The molecule has 0 fully saturated rings. The summed E-state index contributed by atoms with van der Waals surface area (Å²) in [6, 6.07) is 18.6. The Morgan fingerprint density at radius 2 is 1.81 bits per heavy atom. The maximum atomic E-state index is 12.8. The quantitative estimate of drug-likeness (QED) is 0.764. The molecule has 0 saturated heterocycles. The van der Waals surface area contributed by atoms with Crippen LogP contribution < -0.4 is 15.0 Å². The van der Waals surface area contributed by atoms with Gasteiger partial charge in [0.1, 0.15) is 12.3 Å². The lowest BCUT2D eigenvalue weighted by molar-refractivity contribution is -0.114. The molecule has 5 nitrogen and oxygen atoms in total. The third-order valence-corrected chi connectivity index (χ3v) is 4.41. The van der Waals surface area contributed by atoms with E-state index in [4.69, 9.17) is 4.74 Å². The minimum absolute atomic E-state index is 0.0485. The number of para-hydroxylation sites is 2. The normalized spacial score (nSPS) is 12.5. The van der Waals surface area contributed by atoms with Crippen LogP contribution in [0.1, 0.15) is 17.3 Å². The number of anilines is 2. The summed E-state index contributed by atoms with van der Waals surface area (Å²) in [6.07, 6.45) is 0. The van der Waals surface area contributed by atoms with Gasteiger partial charge >= 0.3 is 0 Å². The molecule has 0 aliphatic carbocycles. The van der Waals surface area contributed by atoms with Crippen molar-refractivity contribution in [1.82, 2.24) is 0 Å². The minimum atomic E-state index is -0.268. The number of amides is 2. The molecule has 2 amide bonds. The van der Waals surface area contributed by atoms with Gasteiger partial charge in [-0.2, -0.15) is 0 Å². The van der Waals surface area contributed by atoms with Crippen molar-refractivity contribution in [2.24, 2.45) is 0 Å². The number of nitrogens with one attached hydrogen (secondary N) is 1. The van der Waals surface area contributed by atoms with Gasteiger partial charge in [-0.15, -0.1) is 0 Å². The van der Waals surface area contributed by atoms with Gasteiger partial charge in [0.05, 0.1) is 18.0 Å². The number of hydrogen-bond acceptors (Lipinski definition) is 3. The predicted molar refractivity (Wildman–Crippen MR) is 102 cm³/mol. The van der Waals surface area contributed by atoms with Crippen LogP contribution in [0.4, 0.5) is 11.4 Å². The Balaban J connectivity index is 1.58. The fourth-order valence-corrected chi connectivity index (χ4v) is 3.32. The van der Waals surface area contributed by atoms with Crippen molar-refractivity contribution >= 4 is 34.0 Å². The molecular weight excluding hydrogens is 328 g/mol. The second-order valence-corrected chi connectivity index (χ2v) is 6.05. The van der Waals surface area contributed by atoms with Crippen molar-refractivity contribution < 1.29 is 14.3 Å². The second-order valence-electron chi connectivity index (χ2n) is 6.05. The van der Waals surface area contributed by atoms with Gasteiger partial charge in [0.15, 0.2) is 0 Å². The van der Waals surface area contributed by atoms with Crippen LogP contribution in [0.5, 0.6) is 5.75 Å². The molecule has 0 radical (unpaired) electrons. The summed E-state index contributed by atoms with van der Waals surface area (Å²) in [5.74, 6) is 0.196. The molecule has 0 spiro atoms. The number of nitrogens with zero attached hydrogens (tertiary/aromatic N) is 1. The van der Waals surface area contributed by atoms with Crippen molar-refractivity contribution in [1.29, 1.82) is 0 Å². The Labute approximate surface area is 151 Å². The lowest BCUT2D eigenvalue weighted by Crippen LogP contribution is -2.35. The summed E-state index contributed by atoms with van der Waals surface area (Å²) >= 11 is 0. The van der Waals surface area contributed by atoms with E-state index in [1.54, 1.807) is 18.2 Å². The standard InChI is InChI=1S/C21H18N2O3/c1-2-26-18-12-4-3-10-16(18)22-19(24)13-23-17-11-6-8-14-7-5-9-15(20(14)17)21(23)25/h3-12H,2,13H2,1H3,(H,22,24). The van der Waals surface area contributed by atoms with Gasteiger partial charge in [0.25, 0.3) is 5.91 Å². The van der Waals surface area contributed by atoms with E-state index in [1.165, 1.54) is 4.90 Å². The third kappa shape index (κ3) is 2.67. The van der Waals surface area contributed by atoms with E-state index in [0.29, 0.717) is 23.6 Å². The van der Waals surface area contributed by atoms with E-state index in [2.05, 4.69) is 5.32 Å². The maximum absolute atomic E-state index is 12.8. The molecular formula is C21H18N2O3. The average molecular weight is 346 g/mol. The van der Waals surface area contributed by atoms with Crippen molar-refractivity contribution in [3.8, 4) is 5.75 Å². The molecule has 0 aromatic heterocycles. The number of rotatable bonds is 5. The summed E-state index contributed by atoms with van der Waals surface area (Å²) in [4.78, 5) is 26.9. The van der Waals surface area contributed by atoms with Crippen LogP contribution in [0.3, 0.4) is 0 Å². The SMILES string of the molecule is CCOc1ccccc1NC(=O)CN1C(=O)c2cccc3cccc1c23. The first-order chi connectivity index (χ1) is 12.7. The zero-order chi connectivity index (χ0) is 18.1. The van der Waals surface area contributed by atoms with Crippen molar-refractivity contribution in [3.05, 3.63) is 66.2 Å². The van der Waals surface area contributed by atoms with E-state index >= 15 is 0 Å². The highest BCUT2D eigenvalue weighted by Gasteiger charge is 2.30. The highest BCUT2D eigenvalue weighted by Crippen LogP contribution is 2.37. The molecule has 4 rings (SSSR count). The monoisotopic (exact) mass is 346 g/mol. The second kappa shape index (κ2) is 6.52. The van der Waals surface area contributed by atoms with Crippen LogP contribution in [0.15, 0.2) is 60.7 Å². The Kier molecular flexibility index (Phi) is 4.05. The number of hydrogen-bond donors (Lipinski definition) is 1. The summed E-state index contributed by atoms with van der Waals surface area (Å²) in [5.41, 5.74) is 2.01. The van der Waals surface area contributed by atoms with Crippen molar-refractivity contribution in [3.63, 3.8) is 0 Å². The minimum Gasteiger partial charge on any atom is -0.492 e. The Morgan fingerprint density at radius 3 is 2.62 bits per heavy atom. The Hall–Kier alpha value is -3.34. The molecule has 3 aromatic rings. The van der Waals surface area contributed by atoms with Crippen LogP contribution >= 0.6 is 0 Å². The zero-order valence-electron chi connectivity index (χ0n) is 14.4. The summed E-state index contributed by atoms with van der Waals surface area (Å²) in [6.45, 7) is 2.35. The van der Waals surface area contributed by atoms with E-state index in [0.717, 1.165) is 16.5 Å². The first-order valence-corrected chi connectivity index (χ1v) is 8.54. The molecule has 0 unspecified atom stereocenters. The molecule has 130 valence electrons. The molecule has 26 heavy (non-hydrogen) atoms. The van der Waals surface area contributed by atoms with E-state index in [-0.39, 0.29) is 18.4 Å². The van der Waals surface area contributed by atoms with Crippen LogP contribution in [0.2, 0.25) is 0 Å². The predicted octanol–water partition coefficient (Wildman–Crippen LogP) is 3.84. The fourth-order valence-electron chi connectivity index (χ4n) is 3.32. The first-order valence-electron chi connectivity index (χ1n) is 8.54. The average Bonchev–Trinajstić information content (AvgIpc) is 2.92. The molecule has 1 aliphatic rings. The molecule has 0 saturated carbocycles. The van der Waals surface area contributed by atoms with Gasteiger partial charge in [-0.05, 0) is 36.6 Å². The van der Waals surface area contributed by atoms with E-state index in [1.807, 2.05) is 49.4 Å². The fraction of sp³-hybridized carbons (Fsp3) is 0.143. The van der Waals surface area contributed by atoms with Crippen LogP contribution in [-0.4, -0.2) is 25.0 Å². The highest BCUT2D eigenvalue weighted by molar-refractivity contribution is 6.26. The first kappa shape index (κ1) is 16.1. The van der Waals surface area contributed by atoms with Crippen LogP contribution in [0.25, 0.3) is 10.8 Å². The molecule has 3 aromatic carbocycles. The van der Waals surface area contributed by atoms with E-state index < -0.39 is 0 Å². The van der Waals surface area contributed by atoms with Gasteiger partial charge in [-0.1, -0.05) is 36.4 Å². The lowest BCUT2D eigenvalue weighted by Gasteiger charge is -2.18. The van der Waals surface area contributed by atoms with Crippen LogP contribution in [-0.2, 0) is 4.79 Å². The number of carbonyl (C=O) groups is 2. The summed E-state index contributed by atoms with van der Waals surface area (Å²) < 4.78 is 5.53. The highest BCUT2D eigenvalue weighted by atomic mass is 16.5. The van der Waals surface area contributed by atoms with Gasteiger partial charge in [0.2, 0.25) is 5.91 Å². The van der Waals surface area contributed by atoms with E-state index in [9.17, 15) is 9.59 Å². The van der Waals surface area contributed by atoms with Gasteiger partial charge in [-0.3, -0.25) is 14.5 Å². The molecule has 0 bridgehead atoms. The van der Waals surface area contributed by atoms with Gasteiger partial charge in [-0.25, -0.2) is 0 Å². The maximum Gasteiger partial charge on any atom is 0.259 e. The van der Waals surface area contributed by atoms with Crippen LogP contribution in [0, 0.1) is 0 Å². The lowest BCUT2D eigenvalue weighted by atomic mass is 10.1. The number of carbonyl (C=O) groups excluding carboxylic acids is 2. The summed E-state index contributed by atoms with van der Waals surface area (Å²) in [5, 5.41) is 4.75. The van der Waals surface area contributed by atoms with Crippen molar-refractivity contribution in [2.75, 3.05) is 23.4 Å². The largest absolute Gasteiger partial charge is 0.492 e. The molecule has 1 heterocycles. The smallest absolute Gasteiger partial charge is 0.259 e. The van der Waals surface area contributed by atoms with Gasteiger partial charge < -0.3 is 10.1 Å². The number of ether oxygens (including phenoxy) is 1. The van der Waals surface area contributed by atoms with Gasteiger partial charge in [0, 0.05) is 10.9 Å². The summed E-state index contributed by atoms with van der Waals surface area (Å²) in [7, 11) is 0. The molecule has 0 atom stereocenters. The Bertz CT molecular complexity index is 1010. The topological polar surface area (TPSA) is 58.6 Å². The molecule has 5 heteroatoms. The molecule has 1 aliphatic heterocycles. The zero-order valence-corrected chi connectivity index (χ0v) is 14.4.